The molecule has 21 heavy (non-hydrogen) atoms. The Bertz CT molecular complexity index is 613. The number of benzene rings is 1. The molecule has 0 saturated carbocycles. The van der Waals surface area contributed by atoms with E-state index >= 15 is 0 Å². The number of rotatable bonds is 6. The summed E-state index contributed by atoms with van der Waals surface area (Å²) in [5.41, 5.74) is 2.19. The second-order valence-electron chi connectivity index (χ2n) is 5.09. The summed E-state index contributed by atoms with van der Waals surface area (Å²) in [7, 11) is -3.24. The predicted molar refractivity (Wildman–Crippen MR) is 79.6 cm³/mol. The monoisotopic (exact) mass is 312 g/mol. The van der Waals surface area contributed by atoms with Crippen LogP contribution in [0, 0.1) is 0 Å². The normalized spacial score (nSPS) is 14.1. The minimum absolute atomic E-state index is 0.114. The third kappa shape index (κ3) is 5.35. The number of fused-ring (bicyclic) bond motifs is 1. The van der Waals surface area contributed by atoms with Crippen molar-refractivity contribution in [3.63, 3.8) is 0 Å². The van der Waals surface area contributed by atoms with E-state index in [0.717, 1.165) is 37.0 Å². The highest BCUT2D eigenvalue weighted by molar-refractivity contribution is 7.88. The quantitative estimate of drug-likeness (QED) is 0.804. The van der Waals surface area contributed by atoms with Crippen molar-refractivity contribution in [3.8, 4) is 5.75 Å². The first-order valence-corrected chi connectivity index (χ1v) is 8.79. The molecule has 0 aliphatic carbocycles. The Morgan fingerprint density at radius 1 is 1.38 bits per heavy atom. The van der Waals surface area contributed by atoms with Crippen LogP contribution in [-0.4, -0.2) is 33.7 Å². The lowest BCUT2D eigenvalue weighted by molar-refractivity contribution is -0.121. The van der Waals surface area contributed by atoms with Crippen LogP contribution in [0.2, 0.25) is 0 Å². The van der Waals surface area contributed by atoms with E-state index in [9.17, 15) is 13.2 Å². The number of carbonyl (C=O) groups excluding carboxylic acids is 1. The number of aryl methyl sites for hydroxylation is 1. The van der Waals surface area contributed by atoms with Crippen molar-refractivity contribution in [1.82, 2.24) is 10.0 Å². The van der Waals surface area contributed by atoms with Gasteiger partial charge in [0, 0.05) is 19.5 Å². The van der Waals surface area contributed by atoms with Crippen molar-refractivity contribution < 1.29 is 17.9 Å². The summed E-state index contributed by atoms with van der Waals surface area (Å²) in [6.45, 7) is 1.31. The van der Waals surface area contributed by atoms with Gasteiger partial charge in [-0.15, -0.1) is 0 Å². The fourth-order valence-corrected chi connectivity index (χ4v) is 2.64. The molecule has 116 valence electrons. The van der Waals surface area contributed by atoms with Gasteiger partial charge >= 0.3 is 0 Å². The molecule has 2 N–H and O–H groups in total. The third-order valence-corrected chi connectivity index (χ3v) is 3.91. The maximum atomic E-state index is 11.6. The molecule has 1 aliphatic heterocycles. The van der Waals surface area contributed by atoms with Crippen LogP contribution in [0.3, 0.4) is 0 Å². The van der Waals surface area contributed by atoms with E-state index < -0.39 is 10.0 Å². The molecule has 0 bridgehead atoms. The van der Waals surface area contributed by atoms with Gasteiger partial charge in [0.2, 0.25) is 15.9 Å². The van der Waals surface area contributed by atoms with Crippen molar-refractivity contribution in [2.45, 2.75) is 25.8 Å². The molecule has 7 heteroatoms. The number of nitrogens with one attached hydrogen (secondary N) is 2. The Balaban J connectivity index is 1.79. The fraction of sp³-hybridized carbons (Fsp3) is 0.500. The van der Waals surface area contributed by atoms with E-state index in [1.54, 1.807) is 0 Å². The Hall–Kier alpha value is -1.60. The van der Waals surface area contributed by atoms with Gasteiger partial charge in [-0.3, -0.25) is 4.79 Å². The number of hydrogen-bond acceptors (Lipinski definition) is 4. The Labute approximate surface area is 124 Å². The molecular formula is C14H20N2O4S. The van der Waals surface area contributed by atoms with Crippen LogP contribution in [-0.2, 0) is 27.8 Å². The summed E-state index contributed by atoms with van der Waals surface area (Å²) in [5, 5.41) is 2.78. The van der Waals surface area contributed by atoms with Gasteiger partial charge in [0.15, 0.2) is 0 Å². The van der Waals surface area contributed by atoms with Crippen LogP contribution in [0.1, 0.15) is 24.0 Å². The topological polar surface area (TPSA) is 84.5 Å². The predicted octanol–water partition coefficient (Wildman–Crippen LogP) is 0.567. The molecule has 0 atom stereocenters. The van der Waals surface area contributed by atoms with E-state index in [2.05, 4.69) is 10.0 Å². The number of ether oxygens (including phenoxy) is 1. The van der Waals surface area contributed by atoms with Gasteiger partial charge in [0.25, 0.3) is 0 Å². The maximum absolute atomic E-state index is 11.6. The number of hydrogen-bond donors (Lipinski definition) is 2. The molecular weight excluding hydrogens is 292 g/mol. The molecule has 1 aromatic carbocycles. The molecule has 0 aromatic heterocycles. The first-order valence-electron chi connectivity index (χ1n) is 6.90. The van der Waals surface area contributed by atoms with E-state index in [4.69, 9.17) is 4.74 Å². The van der Waals surface area contributed by atoms with Gasteiger partial charge in [0.05, 0.1) is 12.9 Å². The van der Waals surface area contributed by atoms with Crippen LogP contribution in [0.15, 0.2) is 18.2 Å². The molecule has 0 radical (unpaired) electrons. The smallest absolute Gasteiger partial charge is 0.221 e. The standard InChI is InChI=1S/C14H20N2O4S/c1-21(18,19)16-7-6-14(17)15-10-11-4-5-13-12(9-11)3-2-8-20-13/h4-5,9,16H,2-3,6-8,10H2,1H3,(H,15,17). The second kappa shape index (κ2) is 6.91. The zero-order chi connectivity index (χ0) is 15.3. The van der Waals surface area contributed by atoms with E-state index in [1.807, 2.05) is 18.2 Å². The lowest BCUT2D eigenvalue weighted by atomic mass is 10.0. The van der Waals surface area contributed by atoms with Gasteiger partial charge in [-0.05, 0) is 30.0 Å². The van der Waals surface area contributed by atoms with Gasteiger partial charge in [-0.25, -0.2) is 13.1 Å². The Kier molecular flexibility index (Phi) is 5.19. The summed E-state index contributed by atoms with van der Waals surface area (Å²) < 4.78 is 29.6. The molecule has 6 nitrogen and oxygen atoms in total. The maximum Gasteiger partial charge on any atom is 0.221 e. The zero-order valence-electron chi connectivity index (χ0n) is 12.0. The third-order valence-electron chi connectivity index (χ3n) is 3.18. The second-order valence-corrected chi connectivity index (χ2v) is 6.92. The largest absolute Gasteiger partial charge is 0.493 e. The summed E-state index contributed by atoms with van der Waals surface area (Å²) in [6.07, 6.45) is 3.20. The molecule has 1 heterocycles. The van der Waals surface area contributed by atoms with Crippen molar-refractivity contribution in [2.24, 2.45) is 0 Å². The minimum atomic E-state index is -3.24. The van der Waals surface area contributed by atoms with Gasteiger partial charge in [0.1, 0.15) is 5.75 Å². The molecule has 1 aromatic rings. The van der Waals surface area contributed by atoms with E-state index in [0.29, 0.717) is 6.54 Å². The molecule has 1 aliphatic rings. The van der Waals surface area contributed by atoms with Crippen LogP contribution in [0.4, 0.5) is 0 Å². The summed E-state index contributed by atoms with van der Waals surface area (Å²) in [4.78, 5) is 11.6. The molecule has 0 unspecified atom stereocenters. The molecule has 0 fully saturated rings. The van der Waals surface area contributed by atoms with Crippen molar-refractivity contribution in [2.75, 3.05) is 19.4 Å². The van der Waals surface area contributed by atoms with E-state index in [1.165, 1.54) is 5.56 Å². The van der Waals surface area contributed by atoms with Gasteiger partial charge < -0.3 is 10.1 Å². The lowest BCUT2D eigenvalue weighted by Crippen LogP contribution is -2.29. The van der Waals surface area contributed by atoms with Crippen molar-refractivity contribution >= 4 is 15.9 Å². The average molecular weight is 312 g/mol. The summed E-state index contributed by atoms with van der Waals surface area (Å²) >= 11 is 0. The Morgan fingerprint density at radius 3 is 2.95 bits per heavy atom. The Morgan fingerprint density at radius 2 is 2.19 bits per heavy atom. The van der Waals surface area contributed by atoms with Crippen LogP contribution in [0.5, 0.6) is 5.75 Å². The lowest BCUT2D eigenvalue weighted by Gasteiger charge is -2.18. The van der Waals surface area contributed by atoms with Crippen LogP contribution in [0.25, 0.3) is 0 Å². The minimum Gasteiger partial charge on any atom is -0.493 e. The molecule has 2 rings (SSSR count). The van der Waals surface area contributed by atoms with Crippen molar-refractivity contribution in [3.05, 3.63) is 29.3 Å². The number of carbonyl (C=O) groups is 1. The number of amides is 1. The summed E-state index contributed by atoms with van der Waals surface area (Å²) in [5.74, 6) is 0.744. The molecule has 0 saturated heterocycles. The fourth-order valence-electron chi connectivity index (χ4n) is 2.16. The molecule has 0 spiro atoms. The SMILES string of the molecule is CS(=O)(=O)NCCC(=O)NCc1ccc2c(c1)CCCO2. The first-order chi connectivity index (χ1) is 9.94. The molecule has 1 amide bonds. The van der Waals surface area contributed by atoms with E-state index in [-0.39, 0.29) is 18.9 Å². The summed E-state index contributed by atoms with van der Waals surface area (Å²) in [6, 6.07) is 5.91. The number of sulfonamides is 1. The highest BCUT2D eigenvalue weighted by Gasteiger charge is 2.11. The van der Waals surface area contributed by atoms with Crippen LogP contribution >= 0.6 is 0 Å². The van der Waals surface area contributed by atoms with Crippen LogP contribution < -0.4 is 14.8 Å². The average Bonchev–Trinajstić information content (AvgIpc) is 2.43. The van der Waals surface area contributed by atoms with Crippen molar-refractivity contribution in [1.29, 1.82) is 0 Å². The highest BCUT2D eigenvalue weighted by atomic mass is 32.2. The highest BCUT2D eigenvalue weighted by Crippen LogP contribution is 2.25. The van der Waals surface area contributed by atoms with Gasteiger partial charge in [-0.2, -0.15) is 0 Å². The zero-order valence-corrected chi connectivity index (χ0v) is 12.8. The van der Waals surface area contributed by atoms with Gasteiger partial charge in [-0.1, -0.05) is 12.1 Å². The first kappa shape index (κ1) is 15.8.